The number of hydrogen-bond donors (Lipinski definition) is 2. The van der Waals surface area contributed by atoms with Crippen molar-refractivity contribution in [3.8, 4) is 5.75 Å². The van der Waals surface area contributed by atoms with E-state index in [9.17, 15) is 0 Å². The third kappa shape index (κ3) is 2.81. The van der Waals surface area contributed by atoms with Crippen LogP contribution in [0.3, 0.4) is 0 Å². The molecule has 2 heterocycles. The summed E-state index contributed by atoms with van der Waals surface area (Å²) in [6, 6.07) is 10.6. The molecule has 2 aromatic rings. The van der Waals surface area contributed by atoms with E-state index in [1.165, 1.54) is 16.7 Å². The molecule has 20 heavy (non-hydrogen) atoms. The summed E-state index contributed by atoms with van der Waals surface area (Å²) in [6.07, 6.45) is 6.59. The van der Waals surface area contributed by atoms with Crippen molar-refractivity contribution in [3.63, 3.8) is 0 Å². The first kappa shape index (κ1) is 13.1. The molecule has 0 saturated carbocycles. The van der Waals surface area contributed by atoms with Crippen molar-refractivity contribution in [2.24, 2.45) is 5.84 Å². The van der Waals surface area contributed by atoms with Gasteiger partial charge < -0.3 is 4.74 Å². The Morgan fingerprint density at radius 2 is 2.30 bits per heavy atom. The zero-order valence-corrected chi connectivity index (χ0v) is 11.4. The zero-order chi connectivity index (χ0) is 13.8. The molecule has 0 amide bonds. The molecule has 1 unspecified atom stereocenters. The van der Waals surface area contributed by atoms with Gasteiger partial charge in [-0.3, -0.25) is 16.3 Å². The number of aryl methyl sites for hydroxylation is 1. The van der Waals surface area contributed by atoms with Crippen molar-refractivity contribution >= 4 is 0 Å². The zero-order valence-electron chi connectivity index (χ0n) is 11.4. The van der Waals surface area contributed by atoms with Gasteiger partial charge in [0.2, 0.25) is 0 Å². The van der Waals surface area contributed by atoms with Crippen LogP contribution in [0.5, 0.6) is 5.75 Å². The van der Waals surface area contributed by atoms with Crippen LogP contribution in [0.25, 0.3) is 0 Å². The van der Waals surface area contributed by atoms with Gasteiger partial charge in [0.15, 0.2) is 0 Å². The average molecular weight is 269 g/mol. The molecule has 4 heteroatoms. The van der Waals surface area contributed by atoms with Gasteiger partial charge in [-0.2, -0.15) is 0 Å². The number of fused-ring (bicyclic) bond motifs is 1. The quantitative estimate of drug-likeness (QED) is 0.645. The van der Waals surface area contributed by atoms with Gasteiger partial charge in [0.25, 0.3) is 0 Å². The Labute approximate surface area is 119 Å². The molecular formula is C16H19N3O. The number of hydrogen-bond acceptors (Lipinski definition) is 4. The van der Waals surface area contributed by atoms with Gasteiger partial charge in [-0.25, -0.2) is 0 Å². The van der Waals surface area contributed by atoms with E-state index in [1.54, 1.807) is 6.20 Å². The van der Waals surface area contributed by atoms with Crippen LogP contribution in [-0.4, -0.2) is 11.6 Å². The molecule has 1 aromatic carbocycles. The van der Waals surface area contributed by atoms with E-state index in [1.807, 2.05) is 18.3 Å². The molecule has 3 N–H and O–H groups in total. The van der Waals surface area contributed by atoms with Gasteiger partial charge in [-0.05, 0) is 41.7 Å². The van der Waals surface area contributed by atoms with Crippen LogP contribution >= 0.6 is 0 Å². The SMILES string of the molecule is NNC(CCc1cccnc1)c1ccc2c(c1)CCO2. The van der Waals surface area contributed by atoms with Gasteiger partial charge >= 0.3 is 0 Å². The molecule has 104 valence electrons. The number of nitrogens with two attached hydrogens (primary N) is 1. The second kappa shape index (κ2) is 6.03. The number of nitrogens with zero attached hydrogens (tertiary/aromatic N) is 1. The highest BCUT2D eigenvalue weighted by Crippen LogP contribution is 2.29. The fourth-order valence-electron chi connectivity index (χ4n) is 2.63. The Morgan fingerprint density at radius 1 is 1.35 bits per heavy atom. The second-order valence-electron chi connectivity index (χ2n) is 5.08. The Morgan fingerprint density at radius 3 is 3.10 bits per heavy atom. The van der Waals surface area contributed by atoms with Crippen molar-refractivity contribution in [2.75, 3.05) is 6.61 Å². The minimum atomic E-state index is 0.154. The third-order valence-electron chi connectivity index (χ3n) is 3.76. The Bertz CT molecular complexity index is 571. The van der Waals surface area contributed by atoms with E-state index < -0.39 is 0 Å². The summed E-state index contributed by atoms with van der Waals surface area (Å²) in [7, 11) is 0. The number of aromatic nitrogens is 1. The molecular weight excluding hydrogens is 250 g/mol. The molecule has 0 bridgehead atoms. The monoisotopic (exact) mass is 269 g/mol. The number of nitrogens with one attached hydrogen (secondary N) is 1. The minimum Gasteiger partial charge on any atom is -0.493 e. The molecule has 1 aliphatic rings. The van der Waals surface area contributed by atoms with E-state index in [-0.39, 0.29) is 6.04 Å². The number of ether oxygens (including phenoxy) is 1. The van der Waals surface area contributed by atoms with E-state index in [0.29, 0.717) is 0 Å². The fraction of sp³-hybridized carbons (Fsp3) is 0.312. The topological polar surface area (TPSA) is 60.2 Å². The summed E-state index contributed by atoms with van der Waals surface area (Å²) in [5.41, 5.74) is 6.66. The van der Waals surface area contributed by atoms with Crippen LogP contribution in [0.15, 0.2) is 42.7 Å². The van der Waals surface area contributed by atoms with Crippen LogP contribution < -0.4 is 16.0 Å². The molecule has 0 spiro atoms. The third-order valence-corrected chi connectivity index (χ3v) is 3.76. The first-order valence-electron chi connectivity index (χ1n) is 6.97. The number of hydrazine groups is 1. The summed E-state index contributed by atoms with van der Waals surface area (Å²) >= 11 is 0. The van der Waals surface area contributed by atoms with E-state index in [0.717, 1.165) is 31.6 Å². The first-order chi connectivity index (χ1) is 9.86. The molecule has 3 rings (SSSR count). The summed E-state index contributed by atoms with van der Waals surface area (Å²) < 4.78 is 5.54. The van der Waals surface area contributed by atoms with E-state index in [4.69, 9.17) is 10.6 Å². The molecule has 0 radical (unpaired) electrons. The first-order valence-corrected chi connectivity index (χ1v) is 6.97. The van der Waals surface area contributed by atoms with Gasteiger partial charge in [0, 0.05) is 24.9 Å². The lowest BCUT2D eigenvalue weighted by molar-refractivity contribution is 0.356. The van der Waals surface area contributed by atoms with Crippen molar-refractivity contribution in [3.05, 3.63) is 59.4 Å². The van der Waals surface area contributed by atoms with E-state index >= 15 is 0 Å². The maximum absolute atomic E-state index is 5.72. The number of benzene rings is 1. The van der Waals surface area contributed by atoms with Crippen LogP contribution in [0, 0.1) is 0 Å². The average Bonchev–Trinajstić information content (AvgIpc) is 2.96. The molecule has 0 fully saturated rings. The fourth-order valence-corrected chi connectivity index (χ4v) is 2.63. The molecule has 0 saturated heterocycles. The highest BCUT2D eigenvalue weighted by atomic mass is 16.5. The summed E-state index contributed by atoms with van der Waals surface area (Å²) in [5.74, 6) is 6.73. The van der Waals surface area contributed by atoms with Gasteiger partial charge in [0.05, 0.1) is 6.61 Å². The maximum atomic E-state index is 5.72. The van der Waals surface area contributed by atoms with Gasteiger partial charge in [-0.1, -0.05) is 18.2 Å². The van der Waals surface area contributed by atoms with E-state index in [2.05, 4.69) is 28.6 Å². The van der Waals surface area contributed by atoms with Crippen molar-refractivity contribution < 1.29 is 4.74 Å². The standard InChI is InChI=1S/C16H19N3O/c17-19-15(5-3-12-2-1-8-18-11-12)13-4-6-16-14(10-13)7-9-20-16/h1-2,4,6,8,10-11,15,19H,3,5,7,9,17H2. The second-order valence-corrected chi connectivity index (χ2v) is 5.08. The summed E-state index contributed by atoms with van der Waals surface area (Å²) in [5, 5.41) is 0. The number of rotatable bonds is 5. The van der Waals surface area contributed by atoms with Crippen LogP contribution in [0.2, 0.25) is 0 Å². The van der Waals surface area contributed by atoms with Gasteiger partial charge in [0.1, 0.15) is 5.75 Å². The molecule has 0 aliphatic carbocycles. The molecule has 1 aliphatic heterocycles. The van der Waals surface area contributed by atoms with Crippen molar-refractivity contribution in [1.82, 2.24) is 10.4 Å². The van der Waals surface area contributed by atoms with Gasteiger partial charge in [-0.15, -0.1) is 0 Å². The highest BCUT2D eigenvalue weighted by Gasteiger charge is 2.16. The predicted molar refractivity (Wildman–Crippen MR) is 78.3 cm³/mol. The Kier molecular flexibility index (Phi) is 3.95. The summed E-state index contributed by atoms with van der Waals surface area (Å²) in [6.45, 7) is 0.787. The normalized spacial score (nSPS) is 14.7. The van der Waals surface area contributed by atoms with Crippen LogP contribution in [-0.2, 0) is 12.8 Å². The lowest BCUT2D eigenvalue weighted by Gasteiger charge is -2.17. The Balaban J connectivity index is 1.70. The largest absolute Gasteiger partial charge is 0.493 e. The predicted octanol–water partition coefficient (Wildman–Crippen LogP) is 2.15. The smallest absolute Gasteiger partial charge is 0.122 e. The lowest BCUT2D eigenvalue weighted by atomic mass is 9.98. The molecule has 4 nitrogen and oxygen atoms in total. The van der Waals surface area contributed by atoms with Crippen molar-refractivity contribution in [2.45, 2.75) is 25.3 Å². The number of pyridine rings is 1. The maximum Gasteiger partial charge on any atom is 0.122 e. The molecule has 1 atom stereocenters. The van der Waals surface area contributed by atoms with Crippen LogP contribution in [0.1, 0.15) is 29.2 Å². The minimum absolute atomic E-state index is 0.154. The molecule has 1 aromatic heterocycles. The van der Waals surface area contributed by atoms with Crippen molar-refractivity contribution in [1.29, 1.82) is 0 Å². The summed E-state index contributed by atoms with van der Waals surface area (Å²) in [4.78, 5) is 4.14. The van der Waals surface area contributed by atoms with Crippen LogP contribution in [0.4, 0.5) is 0 Å². The lowest BCUT2D eigenvalue weighted by Crippen LogP contribution is -2.28. The Hall–Kier alpha value is -1.91. The highest BCUT2D eigenvalue weighted by molar-refractivity contribution is 5.40.